The van der Waals surface area contributed by atoms with E-state index in [0.717, 1.165) is 11.4 Å². The molecule has 0 spiro atoms. The van der Waals surface area contributed by atoms with Gasteiger partial charge in [0, 0.05) is 9.79 Å². The molecule has 0 unspecified atom stereocenters. The summed E-state index contributed by atoms with van der Waals surface area (Å²) in [6.45, 7) is 0. The zero-order chi connectivity index (χ0) is 12.7. The first-order valence-electron chi connectivity index (χ1n) is 5.96. The van der Waals surface area contributed by atoms with Crippen LogP contribution in [0.5, 0.6) is 0 Å². The van der Waals surface area contributed by atoms with E-state index in [2.05, 4.69) is 51.7 Å². The molecule has 92 valence electrons. The van der Waals surface area contributed by atoms with Gasteiger partial charge in [0.15, 0.2) is 0 Å². The Labute approximate surface area is 114 Å². The first-order chi connectivity index (χ1) is 9.43. The Morgan fingerprint density at radius 1 is 0.842 bits per heavy atom. The van der Waals surface area contributed by atoms with Crippen LogP contribution in [0, 0.1) is 0 Å². The highest BCUT2D eigenvalue weighted by Crippen LogP contribution is 2.47. The molecule has 3 aromatic rings. The van der Waals surface area contributed by atoms with Crippen LogP contribution in [0.1, 0.15) is 0 Å². The molecule has 4 nitrogen and oxygen atoms in total. The van der Waals surface area contributed by atoms with Crippen LogP contribution < -0.4 is 5.01 Å². The van der Waals surface area contributed by atoms with Crippen LogP contribution >= 0.6 is 11.8 Å². The first kappa shape index (κ1) is 10.6. The van der Waals surface area contributed by atoms with Gasteiger partial charge in [0.2, 0.25) is 0 Å². The van der Waals surface area contributed by atoms with E-state index in [-0.39, 0.29) is 0 Å². The number of rotatable bonds is 1. The van der Waals surface area contributed by atoms with Crippen LogP contribution in [0.25, 0.3) is 0 Å². The fraction of sp³-hybridized carbons (Fsp3) is 0. The second-order valence-electron chi connectivity index (χ2n) is 4.17. The van der Waals surface area contributed by atoms with Gasteiger partial charge in [-0.05, 0) is 29.5 Å². The zero-order valence-corrected chi connectivity index (χ0v) is 10.8. The van der Waals surface area contributed by atoms with Crippen LogP contribution in [0.2, 0.25) is 0 Å². The third-order valence-corrected chi connectivity index (χ3v) is 4.15. The standard InChI is InChI=1S/C14H10N4S/c1-3-7-13-11(5-1)18(17-10-9-15-16-17)12-6-2-4-8-14(12)19-13/h1-10H. The van der Waals surface area contributed by atoms with Gasteiger partial charge in [-0.1, -0.05) is 36.0 Å². The van der Waals surface area contributed by atoms with Gasteiger partial charge in [-0.2, -0.15) is 4.79 Å². The molecule has 0 bridgehead atoms. The number of hydrogen-bond donors (Lipinski definition) is 0. The molecule has 5 heteroatoms. The third kappa shape index (κ3) is 1.62. The van der Waals surface area contributed by atoms with E-state index in [9.17, 15) is 0 Å². The van der Waals surface area contributed by atoms with E-state index in [1.807, 2.05) is 18.3 Å². The third-order valence-electron chi connectivity index (χ3n) is 3.02. The summed E-state index contributed by atoms with van der Waals surface area (Å²) >= 11 is 1.78. The molecule has 1 aliphatic heterocycles. The number of fused-ring (bicyclic) bond motifs is 2. The Hall–Kier alpha value is -2.27. The lowest BCUT2D eigenvalue weighted by Gasteiger charge is -2.31. The van der Waals surface area contributed by atoms with Crippen LogP contribution in [-0.2, 0) is 0 Å². The van der Waals surface area contributed by atoms with Crippen LogP contribution in [0.4, 0.5) is 11.4 Å². The molecule has 0 radical (unpaired) electrons. The SMILES string of the molecule is c1ccc2c(c1)Sc1ccccc1N2n1ccnn1. The minimum Gasteiger partial charge on any atom is -0.230 e. The average Bonchev–Trinajstić information content (AvgIpc) is 2.98. The predicted molar refractivity (Wildman–Crippen MR) is 74.6 cm³/mol. The summed E-state index contributed by atoms with van der Waals surface area (Å²) in [6, 6.07) is 16.6. The Morgan fingerprint density at radius 2 is 1.47 bits per heavy atom. The number of nitrogens with zero attached hydrogens (tertiary/aromatic N) is 4. The van der Waals surface area contributed by atoms with Crippen molar-refractivity contribution in [1.82, 2.24) is 15.1 Å². The average molecular weight is 266 g/mol. The Bertz CT molecular complexity index is 678. The van der Waals surface area contributed by atoms with Gasteiger partial charge in [-0.15, -0.1) is 5.10 Å². The van der Waals surface area contributed by atoms with E-state index in [4.69, 9.17) is 0 Å². The lowest BCUT2D eigenvalue weighted by molar-refractivity contribution is 0.653. The van der Waals surface area contributed by atoms with Crippen molar-refractivity contribution in [3.05, 3.63) is 60.9 Å². The minimum atomic E-state index is 1.12. The summed E-state index contributed by atoms with van der Waals surface area (Å²) in [6.07, 6.45) is 3.54. The number of anilines is 2. The van der Waals surface area contributed by atoms with Crippen LogP contribution in [0.3, 0.4) is 0 Å². The molecule has 0 saturated heterocycles. The van der Waals surface area contributed by atoms with E-state index >= 15 is 0 Å². The molecular formula is C14H10N4S. The Morgan fingerprint density at radius 3 is 2.05 bits per heavy atom. The molecule has 4 rings (SSSR count). The molecule has 0 aliphatic carbocycles. The summed E-state index contributed by atoms with van der Waals surface area (Å²) < 4.78 is 0. The van der Waals surface area contributed by atoms with Gasteiger partial charge in [0.1, 0.15) is 0 Å². The molecule has 0 atom stereocenters. The molecule has 19 heavy (non-hydrogen) atoms. The summed E-state index contributed by atoms with van der Waals surface area (Å²) in [5.41, 5.74) is 2.24. The number of benzene rings is 2. The fourth-order valence-corrected chi connectivity index (χ4v) is 3.26. The maximum Gasteiger partial charge on any atom is 0.0793 e. The highest BCUT2D eigenvalue weighted by Gasteiger charge is 2.24. The number of hydrogen-bond acceptors (Lipinski definition) is 4. The second kappa shape index (κ2) is 4.13. The Kier molecular flexibility index (Phi) is 2.31. The fourth-order valence-electron chi connectivity index (χ4n) is 2.21. The molecule has 1 aromatic heterocycles. The Balaban J connectivity index is 1.98. The quantitative estimate of drug-likeness (QED) is 0.529. The molecule has 2 heterocycles. The highest BCUT2D eigenvalue weighted by molar-refractivity contribution is 7.99. The number of aromatic nitrogens is 3. The molecule has 0 amide bonds. The van der Waals surface area contributed by atoms with Crippen molar-refractivity contribution in [2.45, 2.75) is 9.79 Å². The van der Waals surface area contributed by atoms with Gasteiger partial charge >= 0.3 is 0 Å². The van der Waals surface area contributed by atoms with E-state index < -0.39 is 0 Å². The molecule has 2 aromatic carbocycles. The van der Waals surface area contributed by atoms with E-state index in [1.165, 1.54) is 9.79 Å². The van der Waals surface area contributed by atoms with Crippen molar-refractivity contribution in [3.63, 3.8) is 0 Å². The number of para-hydroxylation sites is 2. The zero-order valence-electron chi connectivity index (χ0n) is 9.97. The summed E-state index contributed by atoms with van der Waals surface area (Å²) in [5, 5.41) is 10.1. The summed E-state index contributed by atoms with van der Waals surface area (Å²) in [4.78, 5) is 4.20. The monoisotopic (exact) mass is 266 g/mol. The normalized spacial score (nSPS) is 12.9. The van der Waals surface area contributed by atoms with E-state index in [1.54, 1.807) is 22.7 Å². The first-order valence-corrected chi connectivity index (χ1v) is 6.78. The van der Waals surface area contributed by atoms with Crippen LogP contribution in [-0.4, -0.2) is 15.1 Å². The lowest BCUT2D eigenvalue weighted by Crippen LogP contribution is -2.27. The van der Waals surface area contributed by atoms with Gasteiger partial charge in [-0.3, -0.25) is 0 Å². The lowest BCUT2D eigenvalue weighted by atomic mass is 10.2. The van der Waals surface area contributed by atoms with Crippen molar-refractivity contribution >= 4 is 23.1 Å². The van der Waals surface area contributed by atoms with Crippen molar-refractivity contribution in [2.75, 3.05) is 5.01 Å². The minimum absolute atomic E-state index is 1.12. The van der Waals surface area contributed by atoms with Gasteiger partial charge in [0.25, 0.3) is 0 Å². The highest BCUT2D eigenvalue weighted by atomic mass is 32.2. The molecule has 0 saturated carbocycles. The van der Waals surface area contributed by atoms with Crippen molar-refractivity contribution in [2.24, 2.45) is 0 Å². The molecular weight excluding hydrogens is 256 g/mol. The maximum absolute atomic E-state index is 4.12. The maximum atomic E-state index is 4.12. The van der Waals surface area contributed by atoms with E-state index in [0.29, 0.717) is 0 Å². The van der Waals surface area contributed by atoms with Gasteiger partial charge < -0.3 is 0 Å². The molecule has 1 aliphatic rings. The predicted octanol–water partition coefficient (Wildman–Crippen LogP) is 3.34. The van der Waals surface area contributed by atoms with Crippen molar-refractivity contribution in [3.8, 4) is 0 Å². The van der Waals surface area contributed by atoms with Crippen LogP contribution in [0.15, 0.2) is 70.7 Å². The molecule has 0 fully saturated rings. The largest absolute Gasteiger partial charge is 0.230 e. The van der Waals surface area contributed by atoms with Crippen molar-refractivity contribution in [1.29, 1.82) is 0 Å². The van der Waals surface area contributed by atoms with Gasteiger partial charge in [0.05, 0.1) is 23.8 Å². The van der Waals surface area contributed by atoms with Gasteiger partial charge in [-0.25, -0.2) is 5.01 Å². The van der Waals surface area contributed by atoms with Crippen molar-refractivity contribution < 1.29 is 0 Å². The second-order valence-corrected chi connectivity index (χ2v) is 5.26. The smallest absolute Gasteiger partial charge is 0.0793 e. The summed E-state index contributed by atoms with van der Waals surface area (Å²) in [5.74, 6) is 0. The summed E-state index contributed by atoms with van der Waals surface area (Å²) in [7, 11) is 0. The molecule has 0 N–H and O–H groups in total. The topological polar surface area (TPSA) is 34.0 Å².